The van der Waals surface area contributed by atoms with Gasteiger partial charge in [0.25, 0.3) is 0 Å². The van der Waals surface area contributed by atoms with Crippen molar-refractivity contribution in [2.75, 3.05) is 31.3 Å². The Morgan fingerprint density at radius 1 is 0.891 bits per heavy atom. The Bertz CT molecular complexity index is 1560. The van der Waals surface area contributed by atoms with Gasteiger partial charge in [0.05, 0.1) is 29.4 Å². The van der Waals surface area contributed by atoms with Crippen molar-refractivity contribution in [1.82, 2.24) is 10.6 Å². The second-order valence-electron chi connectivity index (χ2n) is 11.0. The van der Waals surface area contributed by atoms with Gasteiger partial charge in [-0.05, 0) is 53.8 Å². The second-order valence-corrected chi connectivity index (χ2v) is 12.9. The van der Waals surface area contributed by atoms with Crippen molar-refractivity contribution >= 4 is 52.7 Å². The number of rotatable bonds is 12. The van der Waals surface area contributed by atoms with Crippen molar-refractivity contribution in [3.8, 4) is 0 Å². The molecule has 3 atom stereocenters. The largest absolute Gasteiger partial charge is 0.453 e. The standard InChI is InChI=1S/C36H37Cl2N3O4S/c1-44-36(43)41-34(33(25-11-4-2-5-12-25)26-13-6-3-7-14-26)35(42)40-32-15-9-8-10-24(32)16-17-27-21-39-22-28(45-27)23-46-29-18-19-30(37)31(38)20-29/h2-15,18-20,27-28,33-34,39H,16-17,21-23H2,1H3,(H,40,42)(H,41,43). The van der Waals surface area contributed by atoms with E-state index in [0.29, 0.717) is 22.2 Å². The molecule has 4 aromatic carbocycles. The van der Waals surface area contributed by atoms with Crippen LogP contribution >= 0.6 is 35.0 Å². The van der Waals surface area contributed by atoms with Gasteiger partial charge < -0.3 is 25.4 Å². The predicted octanol–water partition coefficient (Wildman–Crippen LogP) is 7.57. The number of nitrogens with one attached hydrogen (secondary N) is 3. The van der Waals surface area contributed by atoms with Crippen LogP contribution in [0.1, 0.15) is 29.0 Å². The Labute approximate surface area is 284 Å². The number of carbonyl (C=O) groups is 2. The van der Waals surface area contributed by atoms with Crippen LogP contribution in [0.4, 0.5) is 10.5 Å². The van der Waals surface area contributed by atoms with E-state index in [9.17, 15) is 9.59 Å². The van der Waals surface area contributed by atoms with Gasteiger partial charge in [-0.3, -0.25) is 4.79 Å². The molecule has 0 spiro atoms. The summed E-state index contributed by atoms with van der Waals surface area (Å²) in [6.45, 7) is 1.53. The Hall–Kier alpha value is -3.53. The number of aryl methyl sites for hydroxylation is 1. The van der Waals surface area contributed by atoms with Crippen LogP contribution in [0, 0.1) is 0 Å². The number of para-hydroxylation sites is 1. The summed E-state index contributed by atoms with van der Waals surface area (Å²) in [7, 11) is 1.29. The Morgan fingerprint density at radius 3 is 2.22 bits per heavy atom. The van der Waals surface area contributed by atoms with Gasteiger partial charge >= 0.3 is 6.09 Å². The molecule has 0 aromatic heterocycles. The summed E-state index contributed by atoms with van der Waals surface area (Å²) in [5.41, 5.74) is 3.47. The molecule has 1 fully saturated rings. The molecular formula is C36H37Cl2N3O4S. The number of benzene rings is 4. The van der Waals surface area contributed by atoms with Crippen molar-refractivity contribution < 1.29 is 19.1 Å². The summed E-state index contributed by atoms with van der Waals surface area (Å²) in [5.74, 6) is -0.00762. The van der Waals surface area contributed by atoms with Crippen LogP contribution in [0.15, 0.2) is 108 Å². The number of hydrogen-bond donors (Lipinski definition) is 3. The monoisotopic (exact) mass is 677 g/mol. The SMILES string of the molecule is COC(=O)NC(C(=O)Nc1ccccc1CCC1CNCC(CSc2ccc(Cl)c(Cl)c2)O1)C(c1ccccc1)c1ccccc1. The summed E-state index contributed by atoms with van der Waals surface area (Å²) >= 11 is 13.9. The maximum absolute atomic E-state index is 14.0. The van der Waals surface area contributed by atoms with Crippen molar-refractivity contribution in [2.45, 2.75) is 41.9 Å². The fourth-order valence-electron chi connectivity index (χ4n) is 5.57. The number of amides is 2. The maximum Gasteiger partial charge on any atom is 0.407 e. The lowest BCUT2D eigenvalue weighted by Gasteiger charge is -2.31. The van der Waals surface area contributed by atoms with Gasteiger partial charge in [-0.25, -0.2) is 4.79 Å². The summed E-state index contributed by atoms with van der Waals surface area (Å²) in [6, 6.07) is 31.8. The van der Waals surface area contributed by atoms with E-state index in [-0.39, 0.29) is 18.1 Å². The lowest BCUT2D eigenvalue weighted by atomic mass is 9.84. The van der Waals surface area contributed by atoms with Gasteiger partial charge in [0.15, 0.2) is 0 Å². The third kappa shape index (κ3) is 9.27. The molecule has 3 N–H and O–H groups in total. The van der Waals surface area contributed by atoms with Crippen molar-refractivity contribution in [2.24, 2.45) is 0 Å². The molecule has 240 valence electrons. The highest BCUT2D eigenvalue weighted by atomic mass is 35.5. The third-order valence-electron chi connectivity index (χ3n) is 7.86. The van der Waals surface area contributed by atoms with E-state index in [1.54, 1.807) is 11.8 Å². The molecule has 5 rings (SSSR count). The van der Waals surface area contributed by atoms with E-state index in [1.807, 2.05) is 103 Å². The third-order valence-corrected chi connectivity index (χ3v) is 9.72. The minimum atomic E-state index is -0.940. The van der Waals surface area contributed by atoms with Crippen molar-refractivity contribution in [3.63, 3.8) is 0 Å². The second kappa shape index (κ2) is 16.9. The summed E-state index contributed by atoms with van der Waals surface area (Å²) in [4.78, 5) is 27.6. The number of anilines is 1. The topological polar surface area (TPSA) is 88.7 Å². The Balaban J connectivity index is 1.27. The molecular weight excluding hydrogens is 641 g/mol. The molecule has 7 nitrogen and oxygen atoms in total. The smallest absolute Gasteiger partial charge is 0.407 e. The fraction of sp³-hybridized carbons (Fsp3) is 0.278. The van der Waals surface area contributed by atoms with E-state index in [0.717, 1.165) is 46.8 Å². The summed E-state index contributed by atoms with van der Waals surface area (Å²) in [6.07, 6.45) is 0.858. The van der Waals surface area contributed by atoms with Gasteiger partial charge in [-0.1, -0.05) is 102 Å². The molecule has 0 bridgehead atoms. The van der Waals surface area contributed by atoms with Gasteiger partial charge in [-0.15, -0.1) is 11.8 Å². The van der Waals surface area contributed by atoms with Crippen LogP contribution in [-0.4, -0.2) is 56.2 Å². The normalized spacial score (nSPS) is 16.9. The van der Waals surface area contributed by atoms with Crippen LogP contribution in [0.2, 0.25) is 10.0 Å². The van der Waals surface area contributed by atoms with Crippen LogP contribution < -0.4 is 16.0 Å². The number of halogens is 2. The minimum Gasteiger partial charge on any atom is -0.453 e. The zero-order chi connectivity index (χ0) is 32.3. The summed E-state index contributed by atoms with van der Waals surface area (Å²) in [5, 5.41) is 10.5. The first-order valence-electron chi connectivity index (χ1n) is 15.2. The van der Waals surface area contributed by atoms with Crippen molar-refractivity contribution in [3.05, 3.63) is 130 Å². The Morgan fingerprint density at radius 2 is 1.54 bits per heavy atom. The quantitative estimate of drug-likeness (QED) is 0.134. The molecule has 2 amide bonds. The number of morpholine rings is 1. The van der Waals surface area contributed by atoms with Crippen LogP contribution in [0.3, 0.4) is 0 Å². The molecule has 0 radical (unpaired) electrons. The lowest BCUT2D eigenvalue weighted by molar-refractivity contribution is -0.118. The molecule has 1 aliphatic heterocycles. The molecule has 3 unspecified atom stereocenters. The molecule has 0 aliphatic carbocycles. The van der Waals surface area contributed by atoms with Gasteiger partial charge in [-0.2, -0.15) is 0 Å². The highest BCUT2D eigenvalue weighted by Crippen LogP contribution is 2.31. The zero-order valence-electron chi connectivity index (χ0n) is 25.5. The van der Waals surface area contributed by atoms with Gasteiger partial charge in [0.1, 0.15) is 6.04 Å². The molecule has 0 saturated carbocycles. The summed E-state index contributed by atoms with van der Waals surface area (Å²) < 4.78 is 11.4. The first kappa shape index (κ1) is 33.8. The number of alkyl carbamates (subject to hydrolysis) is 1. The number of methoxy groups -OCH3 is 1. The fourth-order valence-corrected chi connectivity index (χ4v) is 6.87. The first-order chi connectivity index (χ1) is 22.4. The maximum atomic E-state index is 14.0. The van der Waals surface area contributed by atoms with E-state index >= 15 is 0 Å². The number of carbonyl (C=O) groups excluding carboxylic acids is 2. The van der Waals surface area contributed by atoms with E-state index < -0.39 is 18.1 Å². The zero-order valence-corrected chi connectivity index (χ0v) is 27.8. The molecule has 1 aliphatic rings. The van der Waals surface area contributed by atoms with E-state index in [4.69, 9.17) is 32.7 Å². The molecule has 1 saturated heterocycles. The molecule has 1 heterocycles. The van der Waals surface area contributed by atoms with Crippen LogP contribution in [-0.2, 0) is 20.7 Å². The van der Waals surface area contributed by atoms with Crippen LogP contribution in [0.25, 0.3) is 0 Å². The molecule has 10 heteroatoms. The number of ether oxygens (including phenoxy) is 2. The van der Waals surface area contributed by atoms with Crippen LogP contribution in [0.5, 0.6) is 0 Å². The molecule has 46 heavy (non-hydrogen) atoms. The average Bonchev–Trinajstić information content (AvgIpc) is 3.09. The minimum absolute atomic E-state index is 0.0196. The lowest BCUT2D eigenvalue weighted by Crippen LogP contribution is -2.48. The Kier molecular flexibility index (Phi) is 12.4. The first-order valence-corrected chi connectivity index (χ1v) is 16.9. The van der Waals surface area contributed by atoms with Gasteiger partial charge in [0, 0.05) is 35.3 Å². The highest BCUT2D eigenvalue weighted by Gasteiger charge is 2.33. The van der Waals surface area contributed by atoms with E-state index in [1.165, 1.54) is 7.11 Å². The number of hydrogen-bond acceptors (Lipinski definition) is 6. The molecule has 4 aromatic rings. The highest BCUT2D eigenvalue weighted by molar-refractivity contribution is 7.99. The van der Waals surface area contributed by atoms with Gasteiger partial charge in [0.2, 0.25) is 5.91 Å². The average molecular weight is 679 g/mol. The predicted molar refractivity (Wildman–Crippen MR) is 186 cm³/mol. The van der Waals surface area contributed by atoms with Crippen molar-refractivity contribution in [1.29, 1.82) is 0 Å². The number of thioether (sulfide) groups is 1. The van der Waals surface area contributed by atoms with E-state index in [2.05, 4.69) is 16.0 Å².